The number of hydrogen-bond acceptors (Lipinski definition) is 8. The van der Waals surface area contributed by atoms with Crippen LogP contribution in [0.3, 0.4) is 0 Å². The zero-order chi connectivity index (χ0) is 22.5. The molecule has 0 aliphatic heterocycles. The second-order valence-corrected chi connectivity index (χ2v) is 7.70. The molecule has 31 heavy (non-hydrogen) atoms. The summed E-state index contributed by atoms with van der Waals surface area (Å²) in [4.78, 5) is 25.0. The van der Waals surface area contributed by atoms with Crippen molar-refractivity contribution in [3.05, 3.63) is 46.6 Å². The van der Waals surface area contributed by atoms with Gasteiger partial charge in [-0.15, -0.1) is 0 Å². The zero-order valence-electron chi connectivity index (χ0n) is 17.8. The average molecular weight is 445 g/mol. The molecular formula is C22H23NO7S. The molecule has 164 valence electrons. The van der Waals surface area contributed by atoms with Crippen LogP contribution in [0.4, 0.5) is 4.79 Å². The van der Waals surface area contributed by atoms with Gasteiger partial charge in [0.25, 0.3) is 0 Å². The van der Waals surface area contributed by atoms with Crippen molar-refractivity contribution in [3.63, 3.8) is 0 Å². The molecule has 0 aliphatic carbocycles. The number of methoxy groups -OCH3 is 2. The molecule has 8 nitrogen and oxygen atoms in total. The predicted molar refractivity (Wildman–Crippen MR) is 117 cm³/mol. The van der Waals surface area contributed by atoms with Crippen molar-refractivity contribution in [3.8, 4) is 23.0 Å². The number of carbonyl (C=O) groups excluding carboxylic acids is 1. The van der Waals surface area contributed by atoms with Crippen molar-refractivity contribution in [2.75, 3.05) is 21.3 Å². The van der Waals surface area contributed by atoms with Crippen LogP contribution in [0.25, 0.3) is 11.0 Å². The van der Waals surface area contributed by atoms with Gasteiger partial charge in [-0.2, -0.15) is 0 Å². The Labute approximate surface area is 183 Å². The second-order valence-electron chi connectivity index (χ2n) is 6.62. The minimum atomic E-state index is -0.551. The molecule has 1 heterocycles. The number of hydrogen-bond donors (Lipinski definition) is 1. The van der Waals surface area contributed by atoms with E-state index >= 15 is 0 Å². The third-order valence-corrected chi connectivity index (χ3v) is 5.01. The van der Waals surface area contributed by atoms with Gasteiger partial charge in [-0.25, -0.2) is 4.79 Å². The lowest BCUT2D eigenvalue weighted by Crippen LogP contribution is -2.21. The van der Waals surface area contributed by atoms with Crippen molar-refractivity contribution in [2.24, 2.45) is 0 Å². The molecule has 0 fully saturated rings. The topological polar surface area (TPSA) is 96.2 Å². The first-order chi connectivity index (χ1) is 14.9. The standard InChI is InChI=1S/C22H23NO7S/c1-12(2)28-17-11-16-19(21(27-5)20(17)26-4)15(24)10-18(30-16)31-14-8-6-13(7-9-14)29-22(25)23-3/h6-12H,1-5H3,(H,23,25). The van der Waals surface area contributed by atoms with E-state index in [2.05, 4.69) is 5.32 Å². The molecule has 1 aromatic heterocycles. The quantitative estimate of drug-likeness (QED) is 0.569. The molecule has 1 N–H and O–H groups in total. The molecule has 0 spiro atoms. The molecule has 0 radical (unpaired) electrons. The highest BCUT2D eigenvalue weighted by molar-refractivity contribution is 7.99. The van der Waals surface area contributed by atoms with Crippen molar-refractivity contribution in [2.45, 2.75) is 29.9 Å². The molecule has 0 bridgehead atoms. The molecule has 0 saturated carbocycles. The summed E-state index contributed by atoms with van der Waals surface area (Å²) < 4.78 is 27.7. The first-order valence-corrected chi connectivity index (χ1v) is 10.2. The summed E-state index contributed by atoms with van der Waals surface area (Å²) in [5, 5.41) is 3.04. The lowest BCUT2D eigenvalue weighted by Gasteiger charge is -2.17. The summed E-state index contributed by atoms with van der Waals surface area (Å²) in [5.41, 5.74) is 0.0532. The van der Waals surface area contributed by atoms with Gasteiger partial charge in [0.2, 0.25) is 5.75 Å². The summed E-state index contributed by atoms with van der Waals surface area (Å²) >= 11 is 1.26. The number of ether oxygens (including phenoxy) is 4. The number of carbonyl (C=O) groups is 1. The van der Waals surface area contributed by atoms with Crippen LogP contribution in [0, 0.1) is 0 Å². The Kier molecular flexibility index (Phi) is 6.96. The summed E-state index contributed by atoms with van der Waals surface area (Å²) in [5.74, 6) is 1.42. The van der Waals surface area contributed by atoms with Crippen molar-refractivity contribution in [1.82, 2.24) is 5.32 Å². The number of fused-ring (bicyclic) bond motifs is 1. The Bertz CT molecular complexity index is 1140. The van der Waals surface area contributed by atoms with Crippen LogP contribution in [0.2, 0.25) is 0 Å². The Hall–Kier alpha value is -3.33. The number of benzene rings is 2. The van der Waals surface area contributed by atoms with Gasteiger partial charge in [-0.3, -0.25) is 4.79 Å². The predicted octanol–water partition coefficient (Wildman–Crippen LogP) is 4.47. The largest absolute Gasteiger partial charge is 0.492 e. The van der Waals surface area contributed by atoms with Crippen LogP contribution < -0.4 is 29.7 Å². The van der Waals surface area contributed by atoms with Gasteiger partial charge < -0.3 is 28.7 Å². The fraction of sp³-hybridized carbons (Fsp3) is 0.273. The number of amides is 1. The van der Waals surface area contributed by atoms with Crippen LogP contribution in [0.1, 0.15) is 13.8 Å². The van der Waals surface area contributed by atoms with Crippen LogP contribution in [-0.2, 0) is 0 Å². The molecular weight excluding hydrogens is 422 g/mol. The van der Waals surface area contributed by atoms with E-state index in [-0.39, 0.29) is 22.7 Å². The lowest BCUT2D eigenvalue weighted by molar-refractivity contribution is 0.203. The van der Waals surface area contributed by atoms with E-state index in [1.807, 2.05) is 13.8 Å². The normalized spacial score (nSPS) is 10.8. The van der Waals surface area contributed by atoms with Gasteiger partial charge in [0.15, 0.2) is 22.0 Å². The summed E-state index contributed by atoms with van der Waals surface area (Å²) in [6.45, 7) is 3.77. The Morgan fingerprint density at radius 3 is 2.32 bits per heavy atom. The molecule has 3 rings (SSSR count). The lowest BCUT2D eigenvalue weighted by atomic mass is 10.1. The SMILES string of the molecule is CNC(=O)Oc1ccc(Sc2cc(=O)c3c(OC)c(OC)c(OC(C)C)cc3o2)cc1. The van der Waals surface area contributed by atoms with Gasteiger partial charge in [-0.05, 0) is 38.1 Å². The first kappa shape index (κ1) is 22.4. The Morgan fingerprint density at radius 1 is 1.06 bits per heavy atom. The minimum absolute atomic E-state index is 0.115. The van der Waals surface area contributed by atoms with Crippen LogP contribution >= 0.6 is 11.8 Å². The first-order valence-electron chi connectivity index (χ1n) is 9.43. The molecule has 0 atom stereocenters. The van der Waals surface area contributed by atoms with Gasteiger partial charge in [0, 0.05) is 24.1 Å². The van der Waals surface area contributed by atoms with E-state index in [9.17, 15) is 9.59 Å². The summed E-state index contributed by atoms with van der Waals surface area (Å²) in [7, 11) is 4.43. The maximum atomic E-state index is 12.9. The summed E-state index contributed by atoms with van der Waals surface area (Å²) in [6, 6.07) is 9.85. The van der Waals surface area contributed by atoms with Crippen LogP contribution in [0.5, 0.6) is 23.0 Å². The van der Waals surface area contributed by atoms with Crippen molar-refractivity contribution >= 4 is 28.8 Å². The fourth-order valence-corrected chi connectivity index (χ4v) is 3.66. The third kappa shape index (κ3) is 5.05. The van der Waals surface area contributed by atoms with Crippen molar-refractivity contribution < 1.29 is 28.2 Å². The minimum Gasteiger partial charge on any atom is -0.492 e. The van der Waals surface area contributed by atoms with E-state index < -0.39 is 6.09 Å². The molecule has 1 amide bonds. The van der Waals surface area contributed by atoms with Gasteiger partial charge in [0.05, 0.1) is 20.3 Å². The van der Waals surface area contributed by atoms with E-state index in [0.29, 0.717) is 27.9 Å². The zero-order valence-corrected chi connectivity index (χ0v) is 18.6. The van der Waals surface area contributed by atoms with Gasteiger partial charge in [0.1, 0.15) is 16.7 Å². The molecule has 0 unspecified atom stereocenters. The van der Waals surface area contributed by atoms with E-state index in [4.69, 9.17) is 23.4 Å². The molecule has 9 heteroatoms. The average Bonchev–Trinajstić information content (AvgIpc) is 2.73. The highest BCUT2D eigenvalue weighted by Gasteiger charge is 2.21. The van der Waals surface area contributed by atoms with Crippen LogP contribution in [-0.4, -0.2) is 33.5 Å². The monoisotopic (exact) mass is 445 g/mol. The Balaban J connectivity index is 1.99. The number of nitrogens with one attached hydrogen (secondary N) is 1. The van der Waals surface area contributed by atoms with Gasteiger partial charge >= 0.3 is 6.09 Å². The molecule has 3 aromatic rings. The van der Waals surface area contributed by atoms with E-state index in [1.165, 1.54) is 39.1 Å². The smallest absolute Gasteiger partial charge is 0.412 e. The number of rotatable bonds is 7. The maximum Gasteiger partial charge on any atom is 0.412 e. The highest BCUT2D eigenvalue weighted by atomic mass is 32.2. The van der Waals surface area contributed by atoms with E-state index in [0.717, 1.165) is 4.90 Å². The Morgan fingerprint density at radius 2 is 1.74 bits per heavy atom. The maximum absolute atomic E-state index is 12.9. The highest BCUT2D eigenvalue weighted by Crippen LogP contribution is 2.43. The summed E-state index contributed by atoms with van der Waals surface area (Å²) in [6.07, 6.45) is -0.666. The molecule has 0 aliphatic rings. The van der Waals surface area contributed by atoms with Crippen molar-refractivity contribution in [1.29, 1.82) is 0 Å². The van der Waals surface area contributed by atoms with Gasteiger partial charge in [-0.1, -0.05) is 11.8 Å². The second kappa shape index (κ2) is 9.65. The third-order valence-electron chi connectivity index (χ3n) is 4.10. The fourth-order valence-electron chi connectivity index (χ4n) is 2.85. The van der Waals surface area contributed by atoms with Crippen LogP contribution in [0.15, 0.2) is 55.6 Å². The van der Waals surface area contributed by atoms with E-state index in [1.54, 1.807) is 30.3 Å². The molecule has 2 aromatic carbocycles. The molecule has 0 saturated heterocycles.